The van der Waals surface area contributed by atoms with E-state index in [1.807, 2.05) is 6.92 Å². The van der Waals surface area contributed by atoms with Crippen molar-refractivity contribution in [1.82, 2.24) is 0 Å². The number of Topliss-reactive ketones (excluding diaryl/α,β-unsaturated/α-hetero) is 1. The highest BCUT2D eigenvalue weighted by atomic mass is 16.1. The van der Waals surface area contributed by atoms with Crippen molar-refractivity contribution in [2.45, 2.75) is 32.1 Å². The van der Waals surface area contributed by atoms with Gasteiger partial charge in [-0.1, -0.05) is 30.3 Å². The van der Waals surface area contributed by atoms with E-state index in [0.29, 0.717) is 11.7 Å². The summed E-state index contributed by atoms with van der Waals surface area (Å²) in [5.74, 6) is 1.08. The molecular formula is C15H16O. The van der Waals surface area contributed by atoms with Crippen LogP contribution < -0.4 is 0 Å². The number of allylic oxidation sites excluding steroid dienone is 2. The van der Waals surface area contributed by atoms with E-state index >= 15 is 0 Å². The van der Waals surface area contributed by atoms with Crippen LogP contribution in [0.15, 0.2) is 35.9 Å². The van der Waals surface area contributed by atoms with Crippen molar-refractivity contribution in [3.05, 3.63) is 47.0 Å². The van der Waals surface area contributed by atoms with Crippen LogP contribution in [0.3, 0.4) is 0 Å². The van der Waals surface area contributed by atoms with E-state index in [9.17, 15) is 4.79 Å². The van der Waals surface area contributed by atoms with Crippen LogP contribution in [0.2, 0.25) is 0 Å². The second-order valence-corrected chi connectivity index (χ2v) is 4.94. The van der Waals surface area contributed by atoms with Gasteiger partial charge in [0.05, 0.1) is 0 Å². The highest BCUT2D eigenvalue weighted by molar-refractivity contribution is 5.98. The maximum Gasteiger partial charge on any atom is 0.161 e. The molecule has 3 rings (SSSR count). The van der Waals surface area contributed by atoms with Crippen LogP contribution in [-0.2, 0) is 11.2 Å². The molecule has 1 nitrogen and oxygen atoms in total. The van der Waals surface area contributed by atoms with Gasteiger partial charge in [0.25, 0.3) is 0 Å². The summed E-state index contributed by atoms with van der Waals surface area (Å²) in [6, 6.07) is 8.61. The number of fused-ring (bicyclic) bond motifs is 3. The fourth-order valence-corrected chi connectivity index (χ4v) is 3.15. The molecule has 82 valence electrons. The van der Waals surface area contributed by atoms with Gasteiger partial charge in [-0.05, 0) is 48.8 Å². The number of carbonyl (C=O) groups excluding carboxylic acids is 1. The molecule has 16 heavy (non-hydrogen) atoms. The molecule has 0 saturated heterocycles. The van der Waals surface area contributed by atoms with Gasteiger partial charge in [-0.15, -0.1) is 0 Å². The van der Waals surface area contributed by atoms with Gasteiger partial charge in [-0.2, -0.15) is 0 Å². The molecule has 2 atom stereocenters. The van der Waals surface area contributed by atoms with Crippen molar-refractivity contribution < 1.29 is 4.79 Å². The number of aryl methyl sites for hydroxylation is 1. The van der Waals surface area contributed by atoms with Gasteiger partial charge in [-0.25, -0.2) is 0 Å². The molecule has 0 heterocycles. The third-order valence-corrected chi connectivity index (χ3v) is 4.07. The lowest BCUT2D eigenvalue weighted by molar-refractivity contribution is -0.120. The van der Waals surface area contributed by atoms with Crippen molar-refractivity contribution in [3.63, 3.8) is 0 Å². The number of hydrogen-bond donors (Lipinski definition) is 0. The molecule has 0 fully saturated rings. The number of carbonyl (C=O) groups is 1. The standard InChI is InChI=1S/C15H16O/c1-10-6-8-13-12-5-3-2-4-11(12)7-9-14(13)15(10)16/h2-6,13-14H,7-9H2,1H3/t13-,14-/m1/s1. The number of hydrogen-bond acceptors (Lipinski definition) is 1. The quantitative estimate of drug-likeness (QED) is 0.645. The van der Waals surface area contributed by atoms with E-state index in [1.165, 1.54) is 11.1 Å². The molecule has 0 N–H and O–H groups in total. The van der Waals surface area contributed by atoms with E-state index in [4.69, 9.17) is 0 Å². The Morgan fingerprint density at radius 3 is 2.88 bits per heavy atom. The van der Waals surface area contributed by atoms with Gasteiger partial charge in [0.1, 0.15) is 0 Å². The molecule has 2 aliphatic rings. The molecule has 1 aromatic rings. The Morgan fingerprint density at radius 2 is 2.00 bits per heavy atom. The number of ketones is 1. The lowest BCUT2D eigenvalue weighted by atomic mass is 9.68. The maximum absolute atomic E-state index is 12.1. The van der Waals surface area contributed by atoms with Gasteiger partial charge in [0.2, 0.25) is 0 Å². The Kier molecular flexibility index (Phi) is 2.20. The molecule has 0 spiro atoms. The molecule has 0 bridgehead atoms. The van der Waals surface area contributed by atoms with Crippen molar-refractivity contribution in [2.75, 3.05) is 0 Å². The molecule has 0 unspecified atom stereocenters. The second kappa shape index (κ2) is 3.58. The van der Waals surface area contributed by atoms with Crippen LogP contribution in [0.1, 0.15) is 36.8 Å². The third kappa shape index (κ3) is 1.35. The van der Waals surface area contributed by atoms with Gasteiger partial charge >= 0.3 is 0 Å². The summed E-state index contributed by atoms with van der Waals surface area (Å²) in [7, 11) is 0. The largest absolute Gasteiger partial charge is 0.294 e. The van der Waals surface area contributed by atoms with Gasteiger partial charge in [-0.3, -0.25) is 4.79 Å². The first-order valence-electron chi connectivity index (χ1n) is 6.06. The molecule has 2 aliphatic carbocycles. The Balaban J connectivity index is 2.06. The summed E-state index contributed by atoms with van der Waals surface area (Å²) in [5, 5.41) is 0. The van der Waals surface area contributed by atoms with Gasteiger partial charge in [0.15, 0.2) is 5.78 Å². The fourth-order valence-electron chi connectivity index (χ4n) is 3.15. The van der Waals surface area contributed by atoms with Crippen LogP contribution >= 0.6 is 0 Å². The summed E-state index contributed by atoms with van der Waals surface area (Å²) in [4.78, 5) is 12.1. The third-order valence-electron chi connectivity index (χ3n) is 4.07. The summed E-state index contributed by atoms with van der Waals surface area (Å²) in [5.41, 5.74) is 3.83. The van der Waals surface area contributed by atoms with E-state index < -0.39 is 0 Å². The smallest absolute Gasteiger partial charge is 0.161 e. The first-order valence-corrected chi connectivity index (χ1v) is 6.06. The van der Waals surface area contributed by atoms with Crippen LogP contribution in [0.25, 0.3) is 0 Å². The highest BCUT2D eigenvalue weighted by Gasteiger charge is 2.36. The Labute approximate surface area is 96.2 Å². The average Bonchev–Trinajstić information content (AvgIpc) is 2.33. The lowest BCUT2D eigenvalue weighted by Gasteiger charge is -2.35. The molecule has 1 heteroatoms. The Bertz CT molecular complexity index is 470. The Hall–Kier alpha value is -1.37. The number of rotatable bonds is 0. The average molecular weight is 212 g/mol. The first-order chi connectivity index (χ1) is 7.77. The van der Waals surface area contributed by atoms with Crippen LogP contribution in [0.5, 0.6) is 0 Å². The SMILES string of the molecule is CC1=CC[C@@H]2c3ccccc3CC[C@H]2C1=O. The van der Waals surface area contributed by atoms with Crippen molar-refractivity contribution in [2.24, 2.45) is 5.92 Å². The zero-order chi connectivity index (χ0) is 11.1. The zero-order valence-corrected chi connectivity index (χ0v) is 9.57. The zero-order valence-electron chi connectivity index (χ0n) is 9.57. The lowest BCUT2D eigenvalue weighted by Crippen LogP contribution is -2.30. The molecule has 0 radical (unpaired) electrons. The summed E-state index contributed by atoms with van der Waals surface area (Å²) >= 11 is 0. The van der Waals surface area contributed by atoms with Crippen LogP contribution in [-0.4, -0.2) is 5.78 Å². The molecule has 0 aromatic heterocycles. The molecule has 0 aliphatic heterocycles. The van der Waals surface area contributed by atoms with Gasteiger partial charge < -0.3 is 0 Å². The highest BCUT2D eigenvalue weighted by Crippen LogP contribution is 2.42. The predicted octanol–water partition coefficient (Wildman–Crippen LogP) is 3.25. The minimum atomic E-state index is 0.250. The minimum Gasteiger partial charge on any atom is -0.294 e. The van der Waals surface area contributed by atoms with Crippen molar-refractivity contribution in [3.8, 4) is 0 Å². The molecular weight excluding hydrogens is 196 g/mol. The predicted molar refractivity (Wildman–Crippen MR) is 64.4 cm³/mol. The molecule has 0 amide bonds. The molecule has 0 saturated carbocycles. The number of benzene rings is 1. The summed E-state index contributed by atoms with van der Waals surface area (Å²) < 4.78 is 0. The van der Waals surface area contributed by atoms with E-state index in [-0.39, 0.29) is 5.92 Å². The maximum atomic E-state index is 12.1. The van der Waals surface area contributed by atoms with Crippen molar-refractivity contribution >= 4 is 5.78 Å². The van der Waals surface area contributed by atoms with E-state index in [0.717, 1.165) is 24.8 Å². The van der Waals surface area contributed by atoms with Crippen molar-refractivity contribution in [1.29, 1.82) is 0 Å². The fraction of sp³-hybridized carbons (Fsp3) is 0.400. The minimum absolute atomic E-state index is 0.250. The second-order valence-electron chi connectivity index (χ2n) is 4.94. The van der Waals surface area contributed by atoms with Gasteiger partial charge in [0, 0.05) is 5.92 Å². The monoisotopic (exact) mass is 212 g/mol. The molecule has 1 aromatic carbocycles. The topological polar surface area (TPSA) is 17.1 Å². The van der Waals surface area contributed by atoms with E-state index in [1.54, 1.807) is 0 Å². The first kappa shape index (κ1) is 9.83. The van der Waals surface area contributed by atoms with Crippen LogP contribution in [0.4, 0.5) is 0 Å². The normalized spacial score (nSPS) is 28.1. The van der Waals surface area contributed by atoms with E-state index in [2.05, 4.69) is 30.3 Å². The Morgan fingerprint density at radius 1 is 1.19 bits per heavy atom. The summed E-state index contributed by atoms with van der Waals surface area (Å²) in [6.45, 7) is 1.96. The van der Waals surface area contributed by atoms with Crippen LogP contribution in [0, 0.1) is 5.92 Å². The summed E-state index contributed by atoms with van der Waals surface area (Å²) in [6.07, 6.45) is 5.26.